The summed E-state index contributed by atoms with van der Waals surface area (Å²) in [6, 6.07) is 0.183. The molecule has 0 bridgehead atoms. The van der Waals surface area contributed by atoms with Gasteiger partial charge in [0.25, 0.3) is 0 Å². The van der Waals surface area contributed by atoms with E-state index in [1.54, 1.807) is 14.2 Å². The maximum Gasteiger partial charge on any atom is 0.175 e. The lowest BCUT2D eigenvalue weighted by molar-refractivity contribution is -0.327. The zero-order valence-electron chi connectivity index (χ0n) is 8.09. The van der Waals surface area contributed by atoms with Crippen molar-refractivity contribution in [3.05, 3.63) is 0 Å². The fourth-order valence-corrected chi connectivity index (χ4v) is 1.74. The van der Waals surface area contributed by atoms with Crippen molar-refractivity contribution in [2.75, 3.05) is 14.2 Å². The summed E-state index contributed by atoms with van der Waals surface area (Å²) in [7, 11) is 3.33. The Hall–Kier alpha value is 0.170. The van der Waals surface area contributed by atoms with Gasteiger partial charge in [-0.3, -0.25) is 0 Å². The molecule has 1 saturated carbocycles. The molecule has 1 unspecified atom stereocenters. The van der Waals surface area contributed by atoms with Gasteiger partial charge in [-0.2, -0.15) is 0 Å². The van der Waals surface area contributed by atoms with Crippen LogP contribution in [0.2, 0.25) is 0 Å². The fourth-order valence-electron chi connectivity index (χ4n) is 1.74. The minimum Gasteiger partial charge on any atom is -0.353 e. The summed E-state index contributed by atoms with van der Waals surface area (Å²) >= 11 is 0. The number of hydrogen-bond donors (Lipinski definition) is 1. The molecule has 1 aliphatic carbocycles. The van der Waals surface area contributed by atoms with Crippen LogP contribution in [0, 0.1) is 5.41 Å². The molecule has 2 N–H and O–H groups in total. The molecule has 0 aromatic carbocycles. The van der Waals surface area contributed by atoms with E-state index in [-0.39, 0.29) is 23.9 Å². The molecular weight excluding hydrogens is 178 g/mol. The van der Waals surface area contributed by atoms with Crippen molar-refractivity contribution >= 4 is 12.4 Å². The van der Waals surface area contributed by atoms with Crippen molar-refractivity contribution in [1.82, 2.24) is 0 Å². The van der Waals surface area contributed by atoms with E-state index in [0.29, 0.717) is 0 Å². The van der Waals surface area contributed by atoms with Gasteiger partial charge >= 0.3 is 0 Å². The largest absolute Gasteiger partial charge is 0.353 e. The normalized spacial score (nSPS) is 30.2. The molecule has 3 nitrogen and oxygen atoms in total. The molecular formula is C8H18ClNO2. The maximum atomic E-state index is 5.82. The first kappa shape index (κ1) is 12.2. The van der Waals surface area contributed by atoms with E-state index in [0.717, 1.165) is 6.42 Å². The van der Waals surface area contributed by atoms with Gasteiger partial charge in [0.15, 0.2) is 5.79 Å². The molecule has 0 heterocycles. The minimum absolute atomic E-state index is 0. The molecule has 12 heavy (non-hydrogen) atoms. The molecule has 74 valence electrons. The van der Waals surface area contributed by atoms with Gasteiger partial charge in [0.05, 0.1) is 0 Å². The molecule has 0 aromatic heterocycles. The molecule has 0 radical (unpaired) electrons. The van der Waals surface area contributed by atoms with E-state index in [1.165, 1.54) is 0 Å². The first-order chi connectivity index (χ1) is 5.00. The van der Waals surface area contributed by atoms with Crippen molar-refractivity contribution in [3.63, 3.8) is 0 Å². The zero-order valence-corrected chi connectivity index (χ0v) is 8.90. The topological polar surface area (TPSA) is 44.5 Å². The molecule has 4 heteroatoms. The summed E-state index contributed by atoms with van der Waals surface area (Å²) in [5, 5.41) is 0. The third kappa shape index (κ3) is 1.25. The van der Waals surface area contributed by atoms with Gasteiger partial charge in [-0.1, -0.05) is 13.8 Å². The van der Waals surface area contributed by atoms with Gasteiger partial charge in [0, 0.05) is 32.1 Å². The Balaban J connectivity index is 0.00000121. The number of methoxy groups -OCH3 is 2. The Kier molecular flexibility index (Phi) is 3.55. The zero-order chi connectivity index (χ0) is 8.70. The van der Waals surface area contributed by atoms with Crippen molar-refractivity contribution in [1.29, 1.82) is 0 Å². The lowest BCUT2D eigenvalue weighted by atomic mass is 9.62. The van der Waals surface area contributed by atoms with Crippen LogP contribution in [0.25, 0.3) is 0 Å². The van der Waals surface area contributed by atoms with E-state index in [2.05, 4.69) is 13.8 Å². The highest BCUT2D eigenvalue weighted by molar-refractivity contribution is 5.85. The predicted octanol–water partition coefficient (Wildman–Crippen LogP) is 1.15. The van der Waals surface area contributed by atoms with Gasteiger partial charge < -0.3 is 15.2 Å². The van der Waals surface area contributed by atoms with Crippen molar-refractivity contribution in [2.24, 2.45) is 11.1 Å². The number of hydrogen-bond acceptors (Lipinski definition) is 3. The first-order valence-electron chi connectivity index (χ1n) is 3.86. The van der Waals surface area contributed by atoms with Crippen LogP contribution < -0.4 is 5.73 Å². The highest BCUT2D eigenvalue weighted by Crippen LogP contribution is 2.50. The number of rotatable bonds is 2. The SMILES string of the molecule is COC1(OC)CC(N)C1(C)C.Cl. The fraction of sp³-hybridized carbons (Fsp3) is 1.00. The van der Waals surface area contributed by atoms with Crippen LogP contribution in [0.15, 0.2) is 0 Å². The summed E-state index contributed by atoms with van der Waals surface area (Å²) in [4.78, 5) is 0. The van der Waals surface area contributed by atoms with Crippen molar-refractivity contribution in [2.45, 2.75) is 32.1 Å². The second kappa shape index (κ2) is 3.50. The Morgan fingerprint density at radius 3 is 1.75 bits per heavy atom. The van der Waals surface area contributed by atoms with Crippen LogP contribution in [0.1, 0.15) is 20.3 Å². The second-order valence-electron chi connectivity index (χ2n) is 3.69. The standard InChI is InChI=1S/C8H17NO2.ClH/c1-7(2)6(9)5-8(7,10-3)11-4;/h6H,5,9H2,1-4H3;1H. The Morgan fingerprint density at radius 1 is 1.25 bits per heavy atom. The Morgan fingerprint density at radius 2 is 1.67 bits per heavy atom. The maximum absolute atomic E-state index is 5.82. The monoisotopic (exact) mass is 195 g/mol. The quantitative estimate of drug-likeness (QED) is 0.673. The van der Waals surface area contributed by atoms with Crippen LogP contribution in [-0.4, -0.2) is 26.0 Å². The second-order valence-corrected chi connectivity index (χ2v) is 3.69. The molecule has 0 amide bonds. The van der Waals surface area contributed by atoms with Crippen LogP contribution in [0.4, 0.5) is 0 Å². The Bertz CT molecular complexity index is 157. The van der Waals surface area contributed by atoms with E-state index >= 15 is 0 Å². The van der Waals surface area contributed by atoms with Crippen LogP contribution in [-0.2, 0) is 9.47 Å². The number of halogens is 1. The van der Waals surface area contributed by atoms with Crippen LogP contribution in [0.5, 0.6) is 0 Å². The molecule has 0 aliphatic heterocycles. The highest BCUT2D eigenvalue weighted by atomic mass is 35.5. The molecule has 1 atom stereocenters. The first-order valence-corrected chi connectivity index (χ1v) is 3.86. The summed E-state index contributed by atoms with van der Waals surface area (Å²) in [5.74, 6) is -0.452. The molecule has 1 aliphatic rings. The third-order valence-corrected chi connectivity index (χ3v) is 3.06. The van der Waals surface area contributed by atoms with Crippen LogP contribution in [0.3, 0.4) is 0 Å². The molecule has 0 aromatic rings. The molecule has 1 fully saturated rings. The smallest absolute Gasteiger partial charge is 0.175 e. The minimum atomic E-state index is -0.452. The van der Waals surface area contributed by atoms with E-state index in [1.807, 2.05) is 0 Å². The molecule has 0 spiro atoms. The van der Waals surface area contributed by atoms with Gasteiger partial charge in [-0.15, -0.1) is 12.4 Å². The van der Waals surface area contributed by atoms with Gasteiger partial charge in [-0.25, -0.2) is 0 Å². The van der Waals surface area contributed by atoms with Crippen molar-refractivity contribution in [3.8, 4) is 0 Å². The Labute approximate surface area is 80.0 Å². The van der Waals surface area contributed by atoms with Gasteiger partial charge in [0.1, 0.15) is 0 Å². The summed E-state index contributed by atoms with van der Waals surface area (Å²) < 4.78 is 10.6. The van der Waals surface area contributed by atoms with Crippen molar-refractivity contribution < 1.29 is 9.47 Å². The lowest BCUT2D eigenvalue weighted by Gasteiger charge is -2.57. The summed E-state index contributed by atoms with van der Waals surface area (Å²) in [6.45, 7) is 4.13. The van der Waals surface area contributed by atoms with Gasteiger partial charge in [-0.05, 0) is 0 Å². The summed E-state index contributed by atoms with van der Waals surface area (Å²) in [6.07, 6.45) is 0.785. The highest BCUT2D eigenvalue weighted by Gasteiger charge is 2.60. The number of nitrogens with two attached hydrogens (primary N) is 1. The average molecular weight is 196 g/mol. The van der Waals surface area contributed by atoms with Crippen LogP contribution >= 0.6 is 12.4 Å². The lowest BCUT2D eigenvalue weighted by Crippen LogP contribution is -2.68. The average Bonchev–Trinajstić information content (AvgIpc) is 1.99. The number of ether oxygens (including phenoxy) is 2. The summed E-state index contributed by atoms with van der Waals surface area (Å²) in [5.41, 5.74) is 5.75. The van der Waals surface area contributed by atoms with E-state index in [9.17, 15) is 0 Å². The van der Waals surface area contributed by atoms with Gasteiger partial charge in [0.2, 0.25) is 0 Å². The van der Waals surface area contributed by atoms with E-state index < -0.39 is 5.79 Å². The predicted molar refractivity (Wildman–Crippen MR) is 50.4 cm³/mol. The molecule has 0 saturated heterocycles. The molecule has 1 rings (SSSR count). The third-order valence-electron chi connectivity index (χ3n) is 3.06. The van der Waals surface area contributed by atoms with E-state index in [4.69, 9.17) is 15.2 Å².